The number of nitrogens with one attached hydrogen (secondary N) is 2. The van der Waals surface area contributed by atoms with Gasteiger partial charge >= 0.3 is 0 Å². The zero-order valence-corrected chi connectivity index (χ0v) is 20.7. The summed E-state index contributed by atoms with van der Waals surface area (Å²) in [5.74, 6) is 0.834. The molecule has 1 aliphatic carbocycles. The molecule has 186 valence electrons. The zero-order valence-electron chi connectivity index (χ0n) is 19.9. The summed E-state index contributed by atoms with van der Waals surface area (Å²) in [6, 6.07) is 4.32. The third kappa shape index (κ3) is 6.43. The van der Waals surface area contributed by atoms with Gasteiger partial charge < -0.3 is 19.9 Å². The molecular formula is C24H35N5O4S. The molecule has 1 saturated carbocycles. The van der Waals surface area contributed by atoms with Crippen LogP contribution < -0.4 is 10.6 Å². The maximum absolute atomic E-state index is 12.6. The number of ether oxygens (including phenoxy) is 1. The van der Waals surface area contributed by atoms with E-state index in [4.69, 9.17) is 9.26 Å². The number of aryl methyl sites for hydroxylation is 1. The van der Waals surface area contributed by atoms with E-state index in [1.54, 1.807) is 11.3 Å². The molecule has 0 bridgehead atoms. The van der Waals surface area contributed by atoms with Crippen LogP contribution in [0.25, 0.3) is 0 Å². The van der Waals surface area contributed by atoms with Crippen molar-refractivity contribution in [2.24, 2.45) is 0 Å². The molecule has 2 amide bonds. The minimum Gasteiger partial charge on any atom is -0.379 e. The summed E-state index contributed by atoms with van der Waals surface area (Å²) in [4.78, 5) is 32.7. The fourth-order valence-electron chi connectivity index (χ4n) is 4.92. The van der Waals surface area contributed by atoms with Gasteiger partial charge in [-0.2, -0.15) is 4.98 Å². The zero-order chi connectivity index (χ0) is 23.8. The first kappa shape index (κ1) is 24.8. The van der Waals surface area contributed by atoms with Crippen LogP contribution in [-0.2, 0) is 26.3 Å². The third-order valence-corrected chi connectivity index (χ3v) is 7.66. The molecule has 0 radical (unpaired) electrons. The average Bonchev–Trinajstić information content (AvgIpc) is 3.48. The molecule has 1 saturated heterocycles. The highest BCUT2D eigenvalue weighted by Gasteiger charge is 2.38. The number of nitrogens with zero attached hydrogens (tertiary/aromatic N) is 3. The van der Waals surface area contributed by atoms with Crippen LogP contribution >= 0.6 is 11.3 Å². The quantitative estimate of drug-likeness (QED) is 0.521. The Morgan fingerprint density at radius 1 is 1.21 bits per heavy atom. The second-order valence-electron chi connectivity index (χ2n) is 9.17. The molecule has 10 heteroatoms. The van der Waals surface area contributed by atoms with Crippen molar-refractivity contribution in [1.82, 2.24) is 25.7 Å². The molecular weight excluding hydrogens is 454 g/mol. The fourth-order valence-corrected chi connectivity index (χ4v) is 5.78. The average molecular weight is 490 g/mol. The lowest BCUT2D eigenvalue weighted by atomic mass is 9.89. The Morgan fingerprint density at radius 2 is 1.97 bits per heavy atom. The summed E-state index contributed by atoms with van der Waals surface area (Å²) in [5.41, 5.74) is -0.571. The van der Waals surface area contributed by atoms with E-state index in [1.165, 1.54) is 11.8 Å². The lowest BCUT2D eigenvalue weighted by molar-refractivity contribution is -0.122. The summed E-state index contributed by atoms with van der Waals surface area (Å²) in [5, 5.41) is 12.5. The molecule has 2 aromatic heterocycles. The van der Waals surface area contributed by atoms with E-state index in [0.717, 1.165) is 64.8 Å². The molecule has 1 unspecified atom stereocenters. The molecule has 2 aromatic rings. The predicted molar refractivity (Wildman–Crippen MR) is 128 cm³/mol. The van der Waals surface area contributed by atoms with Crippen LogP contribution in [0.15, 0.2) is 22.0 Å². The van der Waals surface area contributed by atoms with E-state index in [0.29, 0.717) is 24.7 Å². The first-order chi connectivity index (χ1) is 16.6. The van der Waals surface area contributed by atoms with E-state index in [9.17, 15) is 9.59 Å². The Bertz CT molecular complexity index is 918. The third-order valence-electron chi connectivity index (χ3n) is 6.69. The van der Waals surface area contributed by atoms with Crippen LogP contribution in [0.2, 0.25) is 0 Å². The number of rotatable bonds is 9. The van der Waals surface area contributed by atoms with Crippen LogP contribution in [0.5, 0.6) is 0 Å². The Hall–Kier alpha value is -2.30. The smallest absolute Gasteiger partial charge is 0.227 e. The van der Waals surface area contributed by atoms with Crippen molar-refractivity contribution in [1.29, 1.82) is 0 Å². The summed E-state index contributed by atoms with van der Waals surface area (Å²) in [6.45, 7) is 5.24. The highest BCUT2D eigenvalue weighted by molar-refractivity contribution is 7.10. The number of hydrogen-bond acceptors (Lipinski definition) is 8. The lowest BCUT2D eigenvalue weighted by Crippen LogP contribution is -2.45. The van der Waals surface area contributed by atoms with Gasteiger partial charge in [0.25, 0.3) is 0 Å². The summed E-state index contributed by atoms with van der Waals surface area (Å²) >= 11 is 1.71. The van der Waals surface area contributed by atoms with Gasteiger partial charge in [0.2, 0.25) is 17.7 Å². The number of morpholine rings is 1. The normalized spacial score (nSPS) is 19.8. The van der Waals surface area contributed by atoms with Crippen molar-refractivity contribution in [2.45, 2.75) is 69.9 Å². The monoisotopic (exact) mass is 489 g/mol. The van der Waals surface area contributed by atoms with Gasteiger partial charge in [-0.05, 0) is 24.3 Å². The second-order valence-corrected chi connectivity index (χ2v) is 10.2. The Labute approximate surface area is 204 Å². The van der Waals surface area contributed by atoms with Crippen molar-refractivity contribution in [3.8, 4) is 0 Å². The van der Waals surface area contributed by atoms with Crippen LogP contribution in [0.3, 0.4) is 0 Å². The van der Waals surface area contributed by atoms with Gasteiger partial charge in [0.1, 0.15) is 5.54 Å². The van der Waals surface area contributed by atoms with Gasteiger partial charge in [0.05, 0.1) is 19.3 Å². The van der Waals surface area contributed by atoms with Crippen molar-refractivity contribution in [3.05, 3.63) is 34.1 Å². The molecule has 3 heterocycles. The maximum Gasteiger partial charge on any atom is 0.227 e. The number of thiophene rings is 1. The maximum atomic E-state index is 12.6. The molecule has 1 aliphatic heterocycles. The number of aromatic nitrogens is 2. The van der Waals surface area contributed by atoms with E-state index in [1.807, 2.05) is 6.07 Å². The first-order valence-electron chi connectivity index (χ1n) is 12.3. The SMILES string of the molecule is CC(=O)NC1(c2noc(CCC(=O)NCC(c3cccs3)N3CCOCC3)n2)CCCCCC1. The Kier molecular flexibility index (Phi) is 8.69. The second kappa shape index (κ2) is 11.9. The van der Waals surface area contributed by atoms with Crippen LogP contribution in [-0.4, -0.2) is 59.7 Å². The minimum atomic E-state index is -0.571. The molecule has 2 N–H and O–H groups in total. The Balaban J connectivity index is 1.32. The lowest BCUT2D eigenvalue weighted by Gasteiger charge is -2.34. The van der Waals surface area contributed by atoms with Gasteiger partial charge in [0.15, 0.2) is 5.82 Å². The summed E-state index contributed by atoms with van der Waals surface area (Å²) < 4.78 is 11.0. The number of carbonyl (C=O) groups is 2. The summed E-state index contributed by atoms with van der Waals surface area (Å²) in [7, 11) is 0. The molecule has 1 atom stereocenters. The van der Waals surface area contributed by atoms with Gasteiger partial charge in [-0.1, -0.05) is 36.9 Å². The largest absolute Gasteiger partial charge is 0.379 e. The van der Waals surface area contributed by atoms with Crippen molar-refractivity contribution in [3.63, 3.8) is 0 Å². The predicted octanol–water partition coefficient (Wildman–Crippen LogP) is 2.94. The fraction of sp³-hybridized carbons (Fsp3) is 0.667. The Morgan fingerprint density at radius 3 is 2.65 bits per heavy atom. The van der Waals surface area contributed by atoms with E-state index >= 15 is 0 Å². The van der Waals surface area contributed by atoms with E-state index in [-0.39, 0.29) is 24.3 Å². The first-order valence-corrected chi connectivity index (χ1v) is 13.2. The summed E-state index contributed by atoms with van der Waals surface area (Å²) in [6.07, 6.45) is 6.56. The number of carbonyl (C=O) groups excluding carboxylic acids is 2. The molecule has 9 nitrogen and oxygen atoms in total. The highest BCUT2D eigenvalue weighted by Crippen LogP contribution is 2.34. The molecule has 34 heavy (non-hydrogen) atoms. The van der Waals surface area contributed by atoms with Gasteiger partial charge in [0, 0.05) is 44.3 Å². The number of hydrogen-bond donors (Lipinski definition) is 2. The van der Waals surface area contributed by atoms with Gasteiger partial charge in [-0.3, -0.25) is 14.5 Å². The van der Waals surface area contributed by atoms with Crippen LogP contribution in [0, 0.1) is 0 Å². The molecule has 2 fully saturated rings. The highest BCUT2D eigenvalue weighted by atomic mass is 32.1. The van der Waals surface area contributed by atoms with Crippen molar-refractivity contribution >= 4 is 23.2 Å². The molecule has 2 aliphatic rings. The number of amides is 2. The van der Waals surface area contributed by atoms with Crippen molar-refractivity contribution < 1.29 is 18.8 Å². The van der Waals surface area contributed by atoms with Crippen molar-refractivity contribution in [2.75, 3.05) is 32.8 Å². The van der Waals surface area contributed by atoms with Gasteiger partial charge in [-0.25, -0.2) is 0 Å². The minimum absolute atomic E-state index is 0.0411. The van der Waals surface area contributed by atoms with E-state index in [2.05, 4.69) is 37.1 Å². The van der Waals surface area contributed by atoms with E-state index < -0.39 is 5.54 Å². The van der Waals surface area contributed by atoms with Gasteiger partial charge in [-0.15, -0.1) is 11.3 Å². The standard InChI is InChI=1S/C24H35N5O4S/c1-18(30)27-24(10-4-2-3-5-11-24)23-26-22(33-28-23)9-8-21(31)25-17-19(20-7-6-16-34-20)29-12-14-32-15-13-29/h6-7,16,19H,2-5,8-15,17H2,1H3,(H,25,31)(H,27,30). The molecule has 0 spiro atoms. The topological polar surface area (TPSA) is 110 Å². The van der Waals surface area contributed by atoms with Crippen LogP contribution in [0.1, 0.15) is 74.5 Å². The molecule has 0 aromatic carbocycles. The molecule has 4 rings (SSSR count). The van der Waals surface area contributed by atoms with Crippen LogP contribution in [0.4, 0.5) is 0 Å².